The van der Waals surface area contributed by atoms with Crippen LogP contribution in [0, 0.1) is 0 Å². The first-order valence-electron chi connectivity index (χ1n) is 14.0. The molecule has 0 aliphatic rings. The van der Waals surface area contributed by atoms with Gasteiger partial charge in [0.15, 0.2) is 0 Å². The summed E-state index contributed by atoms with van der Waals surface area (Å²) in [5.41, 5.74) is 4.01. The molecule has 6 rings (SSSR count). The van der Waals surface area contributed by atoms with E-state index in [9.17, 15) is 0 Å². The van der Waals surface area contributed by atoms with Crippen molar-refractivity contribution in [2.24, 2.45) is 0 Å². The predicted molar refractivity (Wildman–Crippen MR) is 174 cm³/mol. The molecule has 0 heterocycles. The van der Waals surface area contributed by atoms with Crippen LogP contribution in [0.3, 0.4) is 0 Å². The van der Waals surface area contributed by atoms with Crippen LogP contribution < -0.4 is 32.9 Å². The van der Waals surface area contributed by atoms with Crippen molar-refractivity contribution in [3.63, 3.8) is 0 Å². The van der Waals surface area contributed by atoms with Crippen molar-refractivity contribution in [1.82, 2.24) is 0 Å². The summed E-state index contributed by atoms with van der Waals surface area (Å²) >= 11 is 0. The van der Waals surface area contributed by atoms with Gasteiger partial charge in [-0.1, -0.05) is 153 Å². The highest BCUT2D eigenvalue weighted by Gasteiger charge is 2.67. The van der Waals surface area contributed by atoms with Crippen LogP contribution in [0.25, 0.3) is 0 Å². The summed E-state index contributed by atoms with van der Waals surface area (Å²) in [4.78, 5) is 0. The third-order valence-corrected chi connectivity index (χ3v) is 13.5. The van der Waals surface area contributed by atoms with E-state index in [0.29, 0.717) is 0 Å². The molecule has 1 unspecified atom stereocenters. The van der Waals surface area contributed by atoms with Gasteiger partial charge in [0.05, 0.1) is 0 Å². The van der Waals surface area contributed by atoms with Crippen molar-refractivity contribution >= 4 is 23.2 Å². The normalized spacial score (nSPS) is 12.2. The molecule has 0 N–H and O–H groups in total. The standard InChI is InChI=1S/C39H34P.BrH/c1-32(33-20-8-2-9-21-33)39(34-22-10-3-11-23-34,35-24-12-4-13-25-35)40(36-26-14-5-15-27-36,37-28-16-6-17-29-37)38-30-18-7-19-31-38;/h2-32H,1H3;1H/q+1;/p-1. The molecule has 0 aliphatic heterocycles. The van der Waals surface area contributed by atoms with Gasteiger partial charge in [0.2, 0.25) is 0 Å². The summed E-state index contributed by atoms with van der Waals surface area (Å²) in [5, 5.41) is 3.72. The van der Waals surface area contributed by atoms with Gasteiger partial charge in [-0.05, 0) is 42.0 Å². The van der Waals surface area contributed by atoms with Gasteiger partial charge >= 0.3 is 0 Å². The minimum absolute atomic E-state index is 0. The van der Waals surface area contributed by atoms with Crippen LogP contribution >= 0.6 is 7.26 Å². The number of rotatable bonds is 8. The Morgan fingerprint density at radius 3 is 0.976 bits per heavy atom. The lowest BCUT2D eigenvalue weighted by molar-refractivity contribution is -0.00000770. The number of hydrogen-bond donors (Lipinski definition) is 0. The monoisotopic (exact) mass is 612 g/mol. The summed E-state index contributed by atoms with van der Waals surface area (Å²) in [7, 11) is -2.46. The van der Waals surface area contributed by atoms with Crippen LogP contribution in [0.1, 0.15) is 29.5 Å². The second-order valence-corrected chi connectivity index (χ2v) is 13.9. The predicted octanol–water partition coefficient (Wildman–Crippen LogP) is 5.73. The molecular weight excluding hydrogens is 579 g/mol. The first kappa shape index (κ1) is 28.7. The van der Waals surface area contributed by atoms with Gasteiger partial charge in [0, 0.05) is 17.0 Å². The van der Waals surface area contributed by atoms with Crippen LogP contribution in [-0.2, 0) is 5.16 Å². The summed E-state index contributed by atoms with van der Waals surface area (Å²) in [6.45, 7) is 2.44. The molecular formula is C39H34BrP. The Hall–Kier alpha value is -3.77. The SMILES string of the molecule is CC(c1ccccc1)C(c1ccccc1)(c1ccccc1)[P+](c1ccccc1)(c1ccccc1)c1ccccc1.[Br-]. The highest BCUT2D eigenvalue weighted by molar-refractivity contribution is 7.96. The van der Waals surface area contributed by atoms with E-state index in [1.807, 2.05) is 0 Å². The fourth-order valence-electron chi connectivity index (χ4n) is 6.72. The number of benzene rings is 6. The third kappa shape index (κ3) is 4.88. The third-order valence-electron chi connectivity index (χ3n) is 8.31. The molecule has 0 amide bonds. The van der Waals surface area contributed by atoms with E-state index in [1.54, 1.807) is 0 Å². The van der Waals surface area contributed by atoms with Gasteiger partial charge in [0.25, 0.3) is 0 Å². The Bertz CT molecular complexity index is 1490. The summed E-state index contributed by atoms with van der Waals surface area (Å²) in [6, 6.07) is 67.5. The molecule has 0 aliphatic carbocycles. The molecule has 0 radical (unpaired) electrons. The molecule has 0 nitrogen and oxygen atoms in total. The molecule has 0 saturated heterocycles. The molecule has 41 heavy (non-hydrogen) atoms. The summed E-state index contributed by atoms with van der Waals surface area (Å²) in [5.74, 6) is 0.146. The molecule has 0 fully saturated rings. The maximum absolute atomic E-state index is 2.46. The largest absolute Gasteiger partial charge is 1.00 e. The second kappa shape index (κ2) is 12.8. The fraction of sp³-hybridized carbons (Fsp3) is 0.0769. The van der Waals surface area contributed by atoms with E-state index in [2.05, 4.69) is 189 Å². The highest BCUT2D eigenvalue weighted by atomic mass is 79.9. The molecule has 0 aromatic heterocycles. The Kier molecular flexibility index (Phi) is 8.99. The van der Waals surface area contributed by atoms with E-state index in [-0.39, 0.29) is 22.9 Å². The van der Waals surface area contributed by atoms with Gasteiger partial charge in [0.1, 0.15) is 28.3 Å². The molecule has 0 bridgehead atoms. The van der Waals surface area contributed by atoms with Gasteiger partial charge in [-0.3, -0.25) is 0 Å². The molecule has 202 valence electrons. The minimum atomic E-state index is -2.46. The quantitative estimate of drug-likeness (QED) is 0.193. The van der Waals surface area contributed by atoms with E-state index in [0.717, 1.165) is 0 Å². The van der Waals surface area contributed by atoms with Gasteiger partial charge < -0.3 is 17.0 Å². The van der Waals surface area contributed by atoms with Crippen LogP contribution in [0.2, 0.25) is 0 Å². The Morgan fingerprint density at radius 1 is 0.390 bits per heavy atom. The molecule has 1 atom stereocenters. The van der Waals surface area contributed by atoms with Crippen molar-refractivity contribution in [3.05, 3.63) is 199 Å². The second-order valence-electron chi connectivity index (χ2n) is 10.3. The number of hydrogen-bond acceptors (Lipinski definition) is 0. The molecule has 6 aromatic carbocycles. The van der Waals surface area contributed by atoms with E-state index in [1.165, 1.54) is 32.6 Å². The van der Waals surface area contributed by atoms with Crippen molar-refractivity contribution in [2.75, 3.05) is 0 Å². The Morgan fingerprint density at radius 2 is 0.659 bits per heavy atom. The zero-order valence-corrected chi connectivity index (χ0v) is 25.7. The topological polar surface area (TPSA) is 0 Å². The van der Waals surface area contributed by atoms with E-state index < -0.39 is 12.4 Å². The lowest BCUT2D eigenvalue weighted by atomic mass is 9.77. The first-order chi connectivity index (χ1) is 19.8. The van der Waals surface area contributed by atoms with Gasteiger partial charge in [-0.25, -0.2) is 0 Å². The van der Waals surface area contributed by atoms with Crippen LogP contribution in [0.15, 0.2) is 182 Å². The zero-order valence-electron chi connectivity index (χ0n) is 23.2. The Balaban J connectivity index is 0.00000337. The summed E-state index contributed by atoms with van der Waals surface area (Å²) in [6.07, 6.45) is 0. The highest BCUT2D eigenvalue weighted by Crippen LogP contribution is 2.76. The lowest BCUT2D eigenvalue weighted by Gasteiger charge is -2.49. The Labute approximate surface area is 255 Å². The molecule has 0 spiro atoms. The summed E-state index contributed by atoms with van der Waals surface area (Å²) < 4.78 is 0. The van der Waals surface area contributed by atoms with Crippen LogP contribution in [-0.4, -0.2) is 0 Å². The average molecular weight is 614 g/mol. The van der Waals surface area contributed by atoms with E-state index >= 15 is 0 Å². The van der Waals surface area contributed by atoms with Gasteiger partial charge in [-0.2, -0.15) is 0 Å². The molecule has 6 aromatic rings. The fourth-order valence-corrected chi connectivity index (χ4v) is 12.5. The smallest absolute Gasteiger partial charge is 0.150 e. The maximum Gasteiger partial charge on any atom is 0.150 e. The van der Waals surface area contributed by atoms with Crippen molar-refractivity contribution in [3.8, 4) is 0 Å². The van der Waals surface area contributed by atoms with Crippen molar-refractivity contribution in [2.45, 2.75) is 18.0 Å². The van der Waals surface area contributed by atoms with Crippen molar-refractivity contribution in [1.29, 1.82) is 0 Å². The maximum atomic E-state index is 2.44. The minimum Gasteiger partial charge on any atom is -1.00 e. The van der Waals surface area contributed by atoms with Crippen molar-refractivity contribution < 1.29 is 17.0 Å². The molecule has 0 saturated carbocycles. The van der Waals surface area contributed by atoms with Crippen LogP contribution in [0.5, 0.6) is 0 Å². The van der Waals surface area contributed by atoms with Crippen LogP contribution in [0.4, 0.5) is 0 Å². The zero-order chi connectivity index (χ0) is 27.3. The molecule has 2 heteroatoms. The van der Waals surface area contributed by atoms with E-state index in [4.69, 9.17) is 0 Å². The first-order valence-corrected chi connectivity index (χ1v) is 15.8. The van der Waals surface area contributed by atoms with Gasteiger partial charge in [-0.15, -0.1) is 0 Å². The average Bonchev–Trinajstić information content (AvgIpc) is 3.06. The number of halogens is 1. The lowest BCUT2D eigenvalue weighted by Crippen LogP contribution is -3.00.